The average molecular weight is 355 g/mol. The summed E-state index contributed by atoms with van der Waals surface area (Å²) in [5.41, 5.74) is 1.21. The molecule has 1 N–H and O–H groups in total. The first kappa shape index (κ1) is 17.5. The molecule has 1 aromatic heterocycles. The molecule has 0 radical (unpaired) electrons. The van der Waals surface area contributed by atoms with E-state index in [1.54, 1.807) is 24.3 Å². The molecule has 0 bridgehead atoms. The molecule has 0 saturated carbocycles. The number of nitrogens with one attached hydrogen (secondary N) is 1. The minimum Gasteiger partial charge on any atom is -0.491 e. The number of carbonyl (C=O) groups excluding carboxylic acids is 1. The normalized spacial score (nSPS) is 10.5. The maximum absolute atomic E-state index is 13.0. The van der Waals surface area contributed by atoms with Crippen molar-refractivity contribution >= 4 is 11.6 Å². The predicted octanol–water partition coefficient (Wildman–Crippen LogP) is 2.91. The lowest BCUT2D eigenvalue weighted by Crippen LogP contribution is -2.21. The Labute approximate surface area is 149 Å². The first-order valence-corrected chi connectivity index (χ1v) is 8.21. The van der Waals surface area contributed by atoms with Crippen molar-refractivity contribution in [2.45, 2.75) is 19.9 Å². The van der Waals surface area contributed by atoms with Gasteiger partial charge in [0.05, 0.1) is 12.3 Å². The highest BCUT2D eigenvalue weighted by Gasteiger charge is 2.11. The van der Waals surface area contributed by atoms with Gasteiger partial charge in [-0.3, -0.25) is 4.79 Å². The third-order valence-corrected chi connectivity index (χ3v) is 3.46. The van der Waals surface area contributed by atoms with E-state index in [2.05, 4.69) is 20.7 Å². The van der Waals surface area contributed by atoms with Gasteiger partial charge < -0.3 is 10.1 Å². The molecule has 0 spiro atoms. The Bertz CT molecular complexity index is 879. The van der Waals surface area contributed by atoms with Gasteiger partial charge in [0, 0.05) is 5.56 Å². The Morgan fingerprint density at radius 3 is 2.73 bits per heavy atom. The maximum atomic E-state index is 13.0. The molecule has 1 amide bonds. The number of hydrogen-bond acceptors (Lipinski definition) is 5. The molecular formula is C18H18FN5O2. The zero-order valence-corrected chi connectivity index (χ0v) is 14.2. The van der Waals surface area contributed by atoms with Gasteiger partial charge in [-0.15, -0.1) is 10.2 Å². The van der Waals surface area contributed by atoms with Crippen LogP contribution in [0.1, 0.15) is 13.3 Å². The van der Waals surface area contributed by atoms with Crippen molar-refractivity contribution in [1.29, 1.82) is 0 Å². The second-order valence-corrected chi connectivity index (χ2v) is 5.54. The lowest BCUT2D eigenvalue weighted by Gasteiger charge is -2.11. The number of anilines is 1. The molecule has 26 heavy (non-hydrogen) atoms. The Hall–Kier alpha value is -3.29. The third kappa shape index (κ3) is 4.41. The predicted molar refractivity (Wildman–Crippen MR) is 94.1 cm³/mol. The van der Waals surface area contributed by atoms with Gasteiger partial charge in [-0.1, -0.05) is 19.1 Å². The molecule has 7 nitrogen and oxygen atoms in total. The first-order chi connectivity index (χ1) is 12.7. The van der Waals surface area contributed by atoms with Gasteiger partial charge in [-0.05, 0) is 48.0 Å². The smallest absolute Gasteiger partial charge is 0.248 e. The van der Waals surface area contributed by atoms with Crippen LogP contribution in [0.15, 0.2) is 48.5 Å². The molecule has 0 fully saturated rings. The summed E-state index contributed by atoms with van der Waals surface area (Å²) < 4.78 is 18.6. The Kier molecular flexibility index (Phi) is 5.52. The molecule has 3 aromatic rings. The van der Waals surface area contributed by atoms with Crippen LogP contribution in [0, 0.1) is 5.82 Å². The second kappa shape index (κ2) is 8.19. The molecule has 2 aromatic carbocycles. The highest BCUT2D eigenvalue weighted by molar-refractivity contribution is 5.92. The summed E-state index contributed by atoms with van der Waals surface area (Å²) in [7, 11) is 0. The van der Waals surface area contributed by atoms with E-state index in [9.17, 15) is 9.18 Å². The van der Waals surface area contributed by atoms with Gasteiger partial charge in [0.15, 0.2) is 0 Å². The molecule has 8 heteroatoms. The Balaban J connectivity index is 1.65. The number of nitrogens with zero attached hydrogens (tertiary/aromatic N) is 4. The zero-order valence-electron chi connectivity index (χ0n) is 14.2. The molecule has 0 unspecified atom stereocenters. The molecule has 0 aliphatic heterocycles. The molecule has 1 heterocycles. The summed E-state index contributed by atoms with van der Waals surface area (Å²) in [6.45, 7) is 2.48. The van der Waals surface area contributed by atoms with E-state index in [4.69, 9.17) is 4.74 Å². The van der Waals surface area contributed by atoms with Gasteiger partial charge in [-0.25, -0.2) is 4.39 Å². The van der Waals surface area contributed by atoms with Gasteiger partial charge in [0.25, 0.3) is 0 Å². The number of carbonyl (C=O) groups is 1. The van der Waals surface area contributed by atoms with Crippen molar-refractivity contribution in [3.05, 3.63) is 54.3 Å². The van der Waals surface area contributed by atoms with Crippen molar-refractivity contribution in [1.82, 2.24) is 20.2 Å². The van der Waals surface area contributed by atoms with Crippen molar-refractivity contribution in [2.75, 3.05) is 11.9 Å². The van der Waals surface area contributed by atoms with Crippen LogP contribution in [0.2, 0.25) is 0 Å². The van der Waals surface area contributed by atoms with E-state index in [1.807, 2.05) is 19.1 Å². The Morgan fingerprint density at radius 1 is 1.19 bits per heavy atom. The van der Waals surface area contributed by atoms with E-state index in [0.29, 0.717) is 29.4 Å². The molecule has 0 aliphatic carbocycles. The van der Waals surface area contributed by atoms with Crippen LogP contribution in [-0.2, 0) is 11.3 Å². The van der Waals surface area contributed by atoms with Crippen LogP contribution in [-0.4, -0.2) is 32.7 Å². The van der Waals surface area contributed by atoms with Crippen molar-refractivity contribution in [3.8, 4) is 17.1 Å². The van der Waals surface area contributed by atoms with Gasteiger partial charge in [0.1, 0.15) is 18.1 Å². The van der Waals surface area contributed by atoms with Crippen LogP contribution in [0.4, 0.5) is 10.1 Å². The highest BCUT2D eigenvalue weighted by Crippen LogP contribution is 2.23. The highest BCUT2D eigenvalue weighted by atomic mass is 19.1. The molecule has 3 rings (SSSR count). The first-order valence-electron chi connectivity index (χ1n) is 8.21. The van der Waals surface area contributed by atoms with Crippen LogP contribution in [0.3, 0.4) is 0 Å². The number of amides is 1. The lowest BCUT2D eigenvalue weighted by molar-refractivity contribution is -0.117. The van der Waals surface area contributed by atoms with Crippen LogP contribution < -0.4 is 10.1 Å². The third-order valence-electron chi connectivity index (χ3n) is 3.46. The summed E-state index contributed by atoms with van der Waals surface area (Å²) in [6, 6.07) is 13.0. The van der Waals surface area contributed by atoms with E-state index in [0.717, 1.165) is 6.42 Å². The fraction of sp³-hybridized carbons (Fsp3) is 0.222. The summed E-state index contributed by atoms with van der Waals surface area (Å²) >= 11 is 0. The Morgan fingerprint density at radius 2 is 1.96 bits per heavy atom. The average Bonchev–Trinajstić information content (AvgIpc) is 3.10. The lowest BCUT2D eigenvalue weighted by atomic mass is 10.2. The van der Waals surface area contributed by atoms with Crippen LogP contribution in [0.25, 0.3) is 11.4 Å². The van der Waals surface area contributed by atoms with Crippen molar-refractivity contribution in [3.63, 3.8) is 0 Å². The van der Waals surface area contributed by atoms with E-state index in [-0.39, 0.29) is 18.3 Å². The van der Waals surface area contributed by atoms with Crippen molar-refractivity contribution < 1.29 is 13.9 Å². The maximum Gasteiger partial charge on any atom is 0.248 e. The molecule has 134 valence electrons. The summed E-state index contributed by atoms with van der Waals surface area (Å²) in [5, 5.41) is 14.7. The minimum atomic E-state index is -0.343. The zero-order chi connectivity index (χ0) is 18.4. The number of tetrazole rings is 1. The number of halogens is 1. The monoisotopic (exact) mass is 355 g/mol. The number of aromatic nitrogens is 4. The summed E-state index contributed by atoms with van der Waals surface area (Å²) in [5.74, 6) is 0.288. The number of hydrogen-bond donors (Lipinski definition) is 1. The van der Waals surface area contributed by atoms with E-state index >= 15 is 0 Å². The summed E-state index contributed by atoms with van der Waals surface area (Å²) in [4.78, 5) is 13.4. The van der Waals surface area contributed by atoms with Crippen LogP contribution >= 0.6 is 0 Å². The summed E-state index contributed by atoms with van der Waals surface area (Å²) in [6.07, 6.45) is 0.872. The van der Waals surface area contributed by atoms with E-state index in [1.165, 1.54) is 16.9 Å². The fourth-order valence-electron chi connectivity index (χ4n) is 2.25. The minimum absolute atomic E-state index is 0.101. The standard InChI is InChI=1S/C18H18FN5O2/c1-2-11-26-16-6-4-3-5-15(16)20-17(25)12-24-22-18(21-23-24)13-7-9-14(19)10-8-13/h3-10H,2,11-12H2,1H3,(H,20,25). The SMILES string of the molecule is CCCOc1ccccc1NC(=O)Cn1nnc(-c2ccc(F)cc2)n1. The van der Waals surface area contributed by atoms with Crippen LogP contribution in [0.5, 0.6) is 5.75 Å². The number of ether oxygens (including phenoxy) is 1. The van der Waals surface area contributed by atoms with Gasteiger partial charge >= 0.3 is 0 Å². The largest absolute Gasteiger partial charge is 0.491 e. The number of benzene rings is 2. The fourth-order valence-corrected chi connectivity index (χ4v) is 2.25. The van der Waals surface area contributed by atoms with E-state index < -0.39 is 0 Å². The molecule has 0 atom stereocenters. The second-order valence-electron chi connectivity index (χ2n) is 5.54. The van der Waals surface area contributed by atoms with Crippen molar-refractivity contribution in [2.24, 2.45) is 0 Å². The van der Waals surface area contributed by atoms with Gasteiger partial charge in [-0.2, -0.15) is 4.80 Å². The number of para-hydroxylation sites is 2. The topological polar surface area (TPSA) is 81.9 Å². The van der Waals surface area contributed by atoms with Gasteiger partial charge in [0.2, 0.25) is 11.7 Å². The molecule has 0 saturated heterocycles. The molecule has 0 aliphatic rings. The number of rotatable bonds is 7. The quantitative estimate of drug-likeness (QED) is 0.705. The molecular weight excluding hydrogens is 337 g/mol.